The molecule has 0 bridgehead atoms. The van der Waals surface area contributed by atoms with Crippen LogP contribution in [0.4, 0.5) is 0 Å². The van der Waals surface area contributed by atoms with Crippen LogP contribution in [0.25, 0.3) is 17.0 Å². The van der Waals surface area contributed by atoms with Gasteiger partial charge in [0.2, 0.25) is 5.78 Å². The molecule has 35 heavy (non-hydrogen) atoms. The quantitative estimate of drug-likeness (QED) is 0.223. The van der Waals surface area contributed by atoms with Gasteiger partial charge in [0.05, 0.1) is 19.8 Å². The Kier molecular flexibility index (Phi) is 5.53. The number of aryl methyl sites for hydroxylation is 1. The zero-order valence-corrected chi connectivity index (χ0v) is 19.7. The van der Waals surface area contributed by atoms with Crippen LogP contribution in [0.3, 0.4) is 0 Å². The molecule has 0 unspecified atom stereocenters. The van der Waals surface area contributed by atoms with E-state index in [1.807, 2.05) is 36.0 Å². The first-order valence-corrected chi connectivity index (χ1v) is 11.0. The summed E-state index contributed by atoms with van der Waals surface area (Å²) in [6.45, 7) is 1.75. The summed E-state index contributed by atoms with van der Waals surface area (Å²) in [5.74, 6) is 1.24. The number of Topliss-reactive ketones (excluding diaryl/α,β-unsaturated/α-hetero) is 1. The summed E-state index contributed by atoms with van der Waals surface area (Å²) < 4.78 is 24.2. The predicted molar refractivity (Wildman–Crippen MR) is 132 cm³/mol. The van der Waals surface area contributed by atoms with Gasteiger partial charge in [-0.2, -0.15) is 0 Å². The number of methoxy groups -OCH3 is 2. The Morgan fingerprint density at radius 2 is 1.80 bits per heavy atom. The van der Waals surface area contributed by atoms with E-state index in [1.54, 1.807) is 56.5 Å². The molecule has 0 atom stereocenters. The molecule has 1 aliphatic heterocycles. The molecule has 0 amide bonds. The summed E-state index contributed by atoms with van der Waals surface area (Å²) in [7, 11) is 5.05. The van der Waals surface area contributed by atoms with Crippen molar-refractivity contribution in [3.8, 4) is 23.0 Å². The fraction of sp³-hybridized carbons (Fsp3) is 0.143. The van der Waals surface area contributed by atoms with Gasteiger partial charge >= 0.3 is 5.97 Å². The van der Waals surface area contributed by atoms with Gasteiger partial charge in [-0.15, -0.1) is 0 Å². The molecule has 176 valence electrons. The SMILES string of the molecule is COc1ccc2c(c1)c(/C=C1/Oc3c(ccc(OC(=O)c4ccccc4OC)c3C)C1=O)cn2C. The predicted octanol–water partition coefficient (Wildman–Crippen LogP) is 5.34. The maximum atomic E-state index is 13.1. The van der Waals surface area contributed by atoms with Crippen molar-refractivity contribution in [2.45, 2.75) is 6.92 Å². The van der Waals surface area contributed by atoms with Crippen molar-refractivity contribution in [1.82, 2.24) is 4.57 Å². The molecule has 7 heteroatoms. The Balaban J connectivity index is 1.47. The molecular formula is C28H23NO6. The molecule has 0 spiro atoms. The van der Waals surface area contributed by atoms with E-state index in [-0.39, 0.29) is 11.5 Å². The first-order chi connectivity index (χ1) is 16.9. The Morgan fingerprint density at radius 1 is 1.00 bits per heavy atom. The Labute approximate surface area is 202 Å². The van der Waals surface area contributed by atoms with Gasteiger partial charge in [0.25, 0.3) is 0 Å². The molecular weight excluding hydrogens is 446 g/mol. The van der Waals surface area contributed by atoms with Crippen LogP contribution in [0, 0.1) is 6.92 Å². The van der Waals surface area contributed by atoms with Crippen LogP contribution in [0.15, 0.2) is 66.6 Å². The molecule has 3 aromatic carbocycles. The molecule has 7 nitrogen and oxygen atoms in total. The van der Waals surface area contributed by atoms with Crippen LogP contribution < -0.4 is 18.9 Å². The number of para-hydroxylation sites is 1. The molecule has 0 saturated carbocycles. The van der Waals surface area contributed by atoms with Crippen molar-refractivity contribution in [1.29, 1.82) is 0 Å². The van der Waals surface area contributed by atoms with E-state index < -0.39 is 5.97 Å². The normalized spacial score (nSPS) is 13.6. The van der Waals surface area contributed by atoms with Gasteiger partial charge in [-0.1, -0.05) is 12.1 Å². The highest BCUT2D eigenvalue weighted by Crippen LogP contribution is 2.40. The molecule has 5 rings (SSSR count). The molecule has 4 aromatic rings. The second kappa shape index (κ2) is 8.68. The summed E-state index contributed by atoms with van der Waals surface area (Å²) in [5, 5.41) is 0.940. The van der Waals surface area contributed by atoms with Gasteiger partial charge in [0.1, 0.15) is 28.6 Å². The maximum absolute atomic E-state index is 13.1. The summed E-state index contributed by atoms with van der Waals surface area (Å²) in [6, 6.07) is 15.8. The lowest BCUT2D eigenvalue weighted by molar-refractivity contribution is 0.0729. The summed E-state index contributed by atoms with van der Waals surface area (Å²) in [6.07, 6.45) is 3.66. The lowest BCUT2D eigenvalue weighted by Gasteiger charge is -2.11. The number of hydrogen-bond acceptors (Lipinski definition) is 6. The Morgan fingerprint density at radius 3 is 2.57 bits per heavy atom. The summed E-state index contributed by atoms with van der Waals surface area (Å²) in [5.41, 5.74) is 3.12. The summed E-state index contributed by atoms with van der Waals surface area (Å²) in [4.78, 5) is 25.9. The van der Waals surface area contributed by atoms with Crippen molar-refractivity contribution in [2.24, 2.45) is 7.05 Å². The lowest BCUT2D eigenvalue weighted by atomic mass is 10.1. The standard InChI is InChI=1S/C28H23NO6/c1-16-23(35-28(31)19-7-5-6-8-24(19)33-4)12-10-20-26(30)25(34-27(16)20)13-17-15-29(2)22-11-9-18(32-3)14-21(17)22/h5-15H,1-4H3/b25-13+. The third-order valence-electron chi connectivity index (χ3n) is 6.08. The number of aromatic nitrogens is 1. The van der Waals surface area contributed by atoms with E-state index in [9.17, 15) is 9.59 Å². The molecule has 0 fully saturated rings. The minimum absolute atomic E-state index is 0.201. The molecule has 0 radical (unpaired) electrons. The number of allylic oxidation sites excluding steroid dienone is 1. The zero-order chi connectivity index (χ0) is 24.7. The largest absolute Gasteiger partial charge is 0.497 e. The van der Waals surface area contributed by atoms with E-state index in [4.69, 9.17) is 18.9 Å². The van der Waals surface area contributed by atoms with Gasteiger partial charge in [0, 0.05) is 35.3 Å². The average molecular weight is 469 g/mol. The molecule has 1 aromatic heterocycles. The first kappa shape index (κ1) is 22.3. The van der Waals surface area contributed by atoms with Crippen LogP contribution >= 0.6 is 0 Å². The van der Waals surface area contributed by atoms with Crippen LogP contribution in [0.1, 0.15) is 31.8 Å². The van der Waals surface area contributed by atoms with Crippen LogP contribution in [0.2, 0.25) is 0 Å². The zero-order valence-electron chi connectivity index (χ0n) is 19.7. The highest BCUT2D eigenvalue weighted by Gasteiger charge is 2.31. The van der Waals surface area contributed by atoms with E-state index >= 15 is 0 Å². The van der Waals surface area contributed by atoms with Gasteiger partial charge < -0.3 is 23.5 Å². The van der Waals surface area contributed by atoms with E-state index in [0.29, 0.717) is 33.9 Å². The van der Waals surface area contributed by atoms with Crippen molar-refractivity contribution in [3.63, 3.8) is 0 Å². The molecule has 1 aliphatic rings. The van der Waals surface area contributed by atoms with Gasteiger partial charge in [-0.25, -0.2) is 4.79 Å². The van der Waals surface area contributed by atoms with E-state index in [2.05, 4.69) is 0 Å². The van der Waals surface area contributed by atoms with Crippen molar-refractivity contribution >= 4 is 28.7 Å². The van der Waals surface area contributed by atoms with Crippen molar-refractivity contribution < 1.29 is 28.5 Å². The van der Waals surface area contributed by atoms with Gasteiger partial charge in [-0.3, -0.25) is 4.79 Å². The maximum Gasteiger partial charge on any atom is 0.347 e. The number of rotatable bonds is 5. The van der Waals surface area contributed by atoms with Crippen LogP contribution in [0.5, 0.6) is 23.0 Å². The van der Waals surface area contributed by atoms with Gasteiger partial charge in [-0.05, 0) is 55.5 Å². The van der Waals surface area contributed by atoms with E-state index in [1.165, 1.54) is 7.11 Å². The minimum Gasteiger partial charge on any atom is -0.497 e. The highest BCUT2D eigenvalue weighted by atomic mass is 16.5. The number of hydrogen-bond donors (Lipinski definition) is 0. The lowest BCUT2D eigenvalue weighted by Crippen LogP contribution is -2.11. The fourth-order valence-electron chi connectivity index (χ4n) is 4.23. The molecule has 0 aliphatic carbocycles. The number of fused-ring (bicyclic) bond motifs is 2. The Bertz CT molecular complexity index is 1530. The number of carbonyl (C=O) groups is 2. The van der Waals surface area contributed by atoms with Gasteiger partial charge in [0.15, 0.2) is 5.76 Å². The monoisotopic (exact) mass is 469 g/mol. The number of ketones is 1. The highest BCUT2D eigenvalue weighted by molar-refractivity contribution is 6.15. The smallest absolute Gasteiger partial charge is 0.347 e. The topological polar surface area (TPSA) is 76.0 Å². The number of benzene rings is 3. The second-order valence-corrected chi connectivity index (χ2v) is 8.17. The van der Waals surface area contributed by atoms with Crippen LogP contribution in [-0.4, -0.2) is 30.5 Å². The minimum atomic E-state index is -0.560. The van der Waals surface area contributed by atoms with E-state index in [0.717, 1.165) is 22.2 Å². The third-order valence-corrected chi connectivity index (χ3v) is 6.08. The number of esters is 1. The molecule has 2 heterocycles. The Hall–Kier alpha value is -4.52. The third kappa shape index (κ3) is 3.81. The fourth-order valence-corrected chi connectivity index (χ4v) is 4.23. The summed E-state index contributed by atoms with van der Waals surface area (Å²) >= 11 is 0. The molecule has 0 saturated heterocycles. The number of carbonyl (C=O) groups excluding carboxylic acids is 2. The second-order valence-electron chi connectivity index (χ2n) is 8.17. The van der Waals surface area contributed by atoms with Crippen molar-refractivity contribution in [3.05, 3.63) is 88.8 Å². The van der Waals surface area contributed by atoms with Crippen LogP contribution in [-0.2, 0) is 7.05 Å². The first-order valence-electron chi connectivity index (χ1n) is 11.0. The molecule has 0 N–H and O–H groups in total. The average Bonchev–Trinajstić information content (AvgIpc) is 3.36. The number of nitrogens with zero attached hydrogens (tertiary/aromatic N) is 1. The number of ether oxygens (including phenoxy) is 4. The van der Waals surface area contributed by atoms with Crippen molar-refractivity contribution in [2.75, 3.05) is 14.2 Å².